The SMILES string of the molecule is CC/C=C\C/C=C\C/C=C\C/C=C\CCCCCCCCC(=O)OC(COC(=O)CCCCCCCCCCC)COP(=O)(O)OCC(CO)OC(=O)CCCCCCCCCCCCCCCCCCCCC. The lowest BCUT2D eigenvalue weighted by Gasteiger charge is -2.21. The van der Waals surface area contributed by atoms with E-state index < -0.39 is 57.8 Å². The standard InChI is InChI=1S/C62H113O11P/c1-4-7-10-13-16-19-21-23-25-27-29-31-33-35-37-40-43-46-49-52-61(65)72-58(54-63)56-70-74(67,68)71-57-59(55-69-60(64)51-48-45-42-39-18-15-12-9-6-3)73-62(66)53-50-47-44-41-38-36-34-32-30-28-26-24-22-20-17-14-11-8-5-2/h8,11,17,20,24,26,30,32,58-59,63H,4-7,9-10,12-16,18-19,21-23,25,27-29,31,33-57H2,1-3H3,(H,67,68)/b11-8-,20-17-,26-24-,32-30-. The lowest BCUT2D eigenvalue weighted by atomic mass is 10.0. The Bertz CT molecular complexity index is 1430. The largest absolute Gasteiger partial charge is 0.472 e. The number of aliphatic hydroxyl groups is 1. The monoisotopic (exact) mass is 1060 g/mol. The molecule has 0 amide bonds. The number of carbonyl (C=O) groups excluding carboxylic acids is 3. The van der Waals surface area contributed by atoms with Gasteiger partial charge in [-0.2, -0.15) is 0 Å². The highest BCUT2D eigenvalue weighted by atomic mass is 31.2. The Morgan fingerprint density at radius 1 is 0.392 bits per heavy atom. The maximum atomic E-state index is 12.9. The highest BCUT2D eigenvalue weighted by Crippen LogP contribution is 2.43. The topological polar surface area (TPSA) is 155 Å². The number of allylic oxidation sites excluding steroid dienone is 8. The van der Waals surface area contributed by atoms with Crippen LogP contribution >= 0.6 is 7.82 Å². The van der Waals surface area contributed by atoms with Crippen LogP contribution in [0.3, 0.4) is 0 Å². The van der Waals surface area contributed by atoms with Crippen molar-refractivity contribution in [2.45, 2.75) is 303 Å². The van der Waals surface area contributed by atoms with Crippen LogP contribution in [0.1, 0.15) is 290 Å². The van der Waals surface area contributed by atoms with E-state index in [0.29, 0.717) is 19.3 Å². The zero-order valence-electron chi connectivity index (χ0n) is 47.8. The number of hydrogen-bond donors (Lipinski definition) is 2. The van der Waals surface area contributed by atoms with E-state index in [1.165, 1.54) is 128 Å². The van der Waals surface area contributed by atoms with E-state index in [9.17, 15) is 28.9 Å². The fourth-order valence-corrected chi connectivity index (χ4v) is 9.43. The Balaban J connectivity index is 4.57. The predicted molar refractivity (Wildman–Crippen MR) is 307 cm³/mol. The number of ether oxygens (including phenoxy) is 3. The van der Waals surface area contributed by atoms with Gasteiger partial charge in [0.15, 0.2) is 6.10 Å². The van der Waals surface area contributed by atoms with E-state index in [4.69, 9.17) is 23.3 Å². The van der Waals surface area contributed by atoms with Crippen molar-refractivity contribution in [3.8, 4) is 0 Å². The fraction of sp³-hybridized carbons (Fsp3) is 0.823. The van der Waals surface area contributed by atoms with Gasteiger partial charge in [-0.3, -0.25) is 23.4 Å². The van der Waals surface area contributed by atoms with Crippen molar-refractivity contribution in [3.05, 3.63) is 48.6 Å². The maximum absolute atomic E-state index is 12.9. The van der Waals surface area contributed by atoms with Gasteiger partial charge in [-0.1, -0.05) is 262 Å². The molecule has 12 heteroatoms. The Morgan fingerprint density at radius 3 is 1.08 bits per heavy atom. The molecule has 2 N–H and O–H groups in total. The van der Waals surface area contributed by atoms with Gasteiger partial charge in [0.2, 0.25) is 0 Å². The summed E-state index contributed by atoms with van der Waals surface area (Å²) in [7, 11) is -4.75. The molecule has 0 bridgehead atoms. The summed E-state index contributed by atoms with van der Waals surface area (Å²) in [4.78, 5) is 48.5. The molecule has 0 saturated heterocycles. The molecule has 0 aromatic heterocycles. The molecule has 0 aliphatic heterocycles. The third-order valence-electron chi connectivity index (χ3n) is 13.3. The molecule has 74 heavy (non-hydrogen) atoms. The lowest BCUT2D eigenvalue weighted by Crippen LogP contribution is -2.30. The summed E-state index contributed by atoms with van der Waals surface area (Å²) >= 11 is 0. The number of esters is 3. The Hall–Kier alpha value is -2.56. The maximum Gasteiger partial charge on any atom is 0.472 e. The molecule has 11 nitrogen and oxygen atoms in total. The summed E-state index contributed by atoms with van der Waals surface area (Å²) in [6.45, 7) is 4.54. The molecule has 0 rings (SSSR count). The summed E-state index contributed by atoms with van der Waals surface area (Å²) in [5.41, 5.74) is 0. The van der Waals surface area contributed by atoms with Crippen LogP contribution in [0.15, 0.2) is 48.6 Å². The molecule has 3 atom stereocenters. The average Bonchev–Trinajstić information content (AvgIpc) is 3.39. The number of rotatable bonds is 57. The molecule has 432 valence electrons. The molecule has 3 unspecified atom stereocenters. The van der Waals surface area contributed by atoms with Crippen molar-refractivity contribution in [1.29, 1.82) is 0 Å². The van der Waals surface area contributed by atoms with Gasteiger partial charge in [-0.15, -0.1) is 0 Å². The number of hydrogen-bond acceptors (Lipinski definition) is 10. The smallest absolute Gasteiger partial charge is 0.462 e. The quantitative estimate of drug-likeness (QED) is 0.0197. The minimum absolute atomic E-state index is 0.154. The highest BCUT2D eigenvalue weighted by molar-refractivity contribution is 7.47. The molecule has 0 spiro atoms. The fourth-order valence-electron chi connectivity index (χ4n) is 8.64. The van der Waals surface area contributed by atoms with E-state index in [1.54, 1.807) is 0 Å². The van der Waals surface area contributed by atoms with Gasteiger partial charge in [0.1, 0.15) is 12.7 Å². The highest BCUT2D eigenvalue weighted by Gasteiger charge is 2.28. The molecule has 0 saturated carbocycles. The number of unbranched alkanes of at least 4 members (excludes halogenated alkanes) is 32. The Kier molecular flexibility index (Phi) is 54.7. The Morgan fingerprint density at radius 2 is 0.703 bits per heavy atom. The number of phosphoric ester groups is 1. The van der Waals surface area contributed by atoms with Gasteiger partial charge < -0.3 is 24.2 Å². The zero-order chi connectivity index (χ0) is 54.1. The molecule has 0 aromatic carbocycles. The molecule has 0 heterocycles. The molecule has 0 aromatic rings. The first-order valence-corrected chi connectivity index (χ1v) is 32.0. The normalized spacial score (nSPS) is 13.6. The van der Waals surface area contributed by atoms with Crippen LogP contribution in [0.25, 0.3) is 0 Å². The van der Waals surface area contributed by atoms with E-state index in [0.717, 1.165) is 103 Å². The molecule has 0 radical (unpaired) electrons. The minimum Gasteiger partial charge on any atom is -0.462 e. The van der Waals surface area contributed by atoms with Crippen LogP contribution in [0.5, 0.6) is 0 Å². The molecule has 0 aliphatic carbocycles. The third kappa shape index (κ3) is 54.2. The number of phosphoric acid groups is 1. The molecular formula is C62H113O11P. The first kappa shape index (κ1) is 71.4. The van der Waals surface area contributed by atoms with Gasteiger partial charge in [0.05, 0.1) is 19.8 Å². The average molecular weight is 1070 g/mol. The van der Waals surface area contributed by atoms with Crippen LogP contribution in [0.4, 0.5) is 0 Å². The van der Waals surface area contributed by atoms with E-state index >= 15 is 0 Å². The van der Waals surface area contributed by atoms with E-state index in [1.807, 2.05) is 0 Å². The summed E-state index contributed by atoms with van der Waals surface area (Å²) in [6.07, 6.45) is 60.8. The lowest BCUT2D eigenvalue weighted by molar-refractivity contribution is -0.161. The van der Waals surface area contributed by atoms with Crippen molar-refractivity contribution in [2.24, 2.45) is 0 Å². The van der Waals surface area contributed by atoms with Crippen LogP contribution < -0.4 is 0 Å². The van der Waals surface area contributed by atoms with Crippen LogP contribution in [0, 0.1) is 0 Å². The summed E-state index contributed by atoms with van der Waals surface area (Å²) in [5.74, 6) is -1.46. The number of carbonyl (C=O) groups is 3. The first-order valence-electron chi connectivity index (χ1n) is 30.5. The summed E-state index contributed by atoms with van der Waals surface area (Å²) in [6, 6.07) is 0. The van der Waals surface area contributed by atoms with Crippen LogP contribution in [0.2, 0.25) is 0 Å². The van der Waals surface area contributed by atoms with Crippen molar-refractivity contribution in [3.63, 3.8) is 0 Å². The molecule has 0 fully saturated rings. The van der Waals surface area contributed by atoms with Crippen LogP contribution in [-0.2, 0) is 42.2 Å². The van der Waals surface area contributed by atoms with Crippen molar-refractivity contribution >= 4 is 25.7 Å². The molecular weight excluding hydrogens is 952 g/mol. The summed E-state index contributed by atoms with van der Waals surface area (Å²) in [5, 5.41) is 9.83. The van der Waals surface area contributed by atoms with Crippen molar-refractivity contribution in [1.82, 2.24) is 0 Å². The predicted octanol–water partition coefficient (Wildman–Crippen LogP) is 18.1. The first-order chi connectivity index (χ1) is 36.2. The second-order valence-corrected chi connectivity index (χ2v) is 22.0. The number of aliphatic hydroxyl groups excluding tert-OH is 1. The van der Waals surface area contributed by atoms with Gasteiger partial charge in [-0.05, 0) is 57.8 Å². The molecule has 0 aliphatic rings. The van der Waals surface area contributed by atoms with Crippen LogP contribution in [-0.4, -0.2) is 66.5 Å². The van der Waals surface area contributed by atoms with Gasteiger partial charge in [-0.25, -0.2) is 4.57 Å². The second kappa shape index (κ2) is 56.6. The van der Waals surface area contributed by atoms with E-state index in [-0.39, 0.29) is 25.9 Å². The zero-order valence-corrected chi connectivity index (χ0v) is 48.7. The van der Waals surface area contributed by atoms with Gasteiger partial charge in [0, 0.05) is 19.3 Å². The second-order valence-electron chi connectivity index (χ2n) is 20.5. The summed E-state index contributed by atoms with van der Waals surface area (Å²) < 4.78 is 39.5. The Labute approximate surface area is 453 Å². The van der Waals surface area contributed by atoms with Crippen molar-refractivity contribution in [2.75, 3.05) is 26.4 Å². The van der Waals surface area contributed by atoms with E-state index in [2.05, 4.69) is 69.4 Å². The third-order valence-corrected chi connectivity index (χ3v) is 14.2. The minimum atomic E-state index is -4.75. The van der Waals surface area contributed by atoms with Crippen molar-refractivity contribution < 1.29 is 52.2 Å². The van der Waals surface area contributed by atoms with Gasteiger partial charge >= 0.3 is 25.7 Å². The van der Waals surface area contributed by atoms with Gasteiger partial charge in [0.25, 0.3) is 0 Å².